The molecular formula is C45H27N3S. The topological polar surface area (TPSA) is 38.7 Å². The molecule has 2 heterocycles. The third kappa shape index (κ3) is 4.61. The van der Waals surface area contributed by atoms with Crippen molar-refractivity contribution in [2.75, 3.05) is 0 Å². The van der Waals surface area contributed by atoms with Crippen LogP contribution in [-0.4, -0.2) is 15.0 Å². The van der Waals surface area contributed by atoms with Crippen LogP contribution in [0, 0.1) is 0 Å². The summed E-state index contributed by atoms with van der Waals surface area (Å²) < 4.78 is 2.47. The van der Waals surface area contributed by atoms with E-state index in [4.69, 9.17) is 15.0 Å². The SMILES string of the molecule is c1ccc(-c2nc(-c3ccccc3)nc(-c3ccc4c(c3)sc3cccc(-c5ccc6c7ccccc7c7ccccc7c6c5)c34)n2)cc1. The van der Waals surface area contributed by atoms with Crippen LogP contribution >= 0.6 is 11.3 Å². The standard InChI is InChI=1S/C45H27N3S/c1-3-12-28(13-4-1)43-46-44(29-14-5-2-6-15-29)48-45(47-43)31-23-25-38-41(27-31)49-40-21-11-20-32(42(38)40)30-22-24-37-35-18-8-7-16-33(35)34-17-9-10-19-36(34)39(37)26-30/h1-27H. The fourth-order valence-corrected chi connectivity index (χ4v) is 8.39. The van der Waals surface area contributed by atoms with Crippen LogP contribution in [0.1, 0.15) is 0 Å². The van der Waals surface area contributed by atoms with Crippen LogP contribution in [0.2, 0.25) is 0 Å². The first-order chi connectivity index (χ1) is 24.3. The van der Waals surface area contributed by atoms with Crippen molar-refractivity contribution in [3.05, 3.63) is 164 Å². The molecule has 0 fully saturated rings. The fourth-order valence-electron chi connectivity index (χ4n) is 7.22. The van der Waals surface area contributed by atoms with Gasteiger partial charge in [-0.2, -0.15) is 0 Å². The number of fused-ring (bicyclic) bond motifs is 9. The van der Waals surface area contributed by atoms with Gasteiger partial charge in [-0.05, 0) is 61.6 Å². The number of aromatic nitrogens is 3. The van der Waals surface area contributed by atoms with Crippen LogP contribution in [-0.2, 0) is 0 Å². The molecule has 0 bridgehead atoms. The molecule has 0 amide bonds. The van der Waals surface area contributed by atoms with E-state index in [2.05, 4.69) is 103 Å². The minimum Gasteiger partial charge on any atom is -0.208 e. The highest BCUT2D eigenvalue weighted by Crippen LogP contribution is 2.43. The summed E-state index contributed by atoms with van der Waals surface area (Å²) in [4.78, 5) is 14.8. The molecule has 0 N–H and O–H groups in total. The summed E-state index contributed by atoms with van der Waals surface area (Å²) in [5.74, 6) is 2.00. The minimum absolute atomic E-state index is 0.666. The first-order valence-corrected chi connectivity index (χ1v) is 17.3. The van der Waals surface area contributed by atoms with Gasteiger partial charge in [-0.25, -0.2) is 15.0 Å². The summed E-state index contributed by atoms with van der Waals surface area (Å²) in [5.41, 5.74) is 5.37. The molecule has 0 unspecified atom stereocenters. The number of benzene rings is 8. The lowest BCUT2D eigenvalue weighted by molar-refractivity contribution is 1.07. The van der Waals surface area contributed by atoms with Crippen LogP contribution in [0.4, 0.5) is 0 Å². The van der Waals surface area contributed by atoms with Crippen molar-refractivity contribution in [3.63, 3.8) is 0 Å². The highest BCUT2D eigenvalue weighted by Gasteiger charge is 2.17. The Labute approximate surface area is 286 Å². The first kappa shape index (κ1) is 27.8. The Bertz CT molecular complexity index is 2780. The van der Waals surface area contributed by atoms with Crippen molar-refractivity contribution < 1.29 is 0 Å². The third-order valence-electron chi connectivity index (χ3n) is 9.51. The van der Waals surface area contributed by atoms with Gasteiger partial charge in [0.1, 0.15) is 0 Å². The van der Waals surface area contributed by atoms with Gasteiger partial charge in [0.15, 0.2) is 17.5 Å². The zero-order chi connectivity index (χ0) is 32.3. The van der Waals surface area contributed by atoms with Crippen LogP contribution in [0.5, 0.6) is 0 Å². The maximum absolute atomic E-state index is 4.98. The summed E-state index contributed by atoms with van der Waals surface area (Å²) >= 11 is 1.82. The molecule has 0 saturated carbocycles. The predicted octanol–water partition coefficient (Wildman–Crippen LogP) is 12.4. The van der Waals surface area contributed by atoms with Crippen LogP contribution in [0.25, 0.3) is 97.8 Å². The molecule has 49 heavy (non-hydrogen) atoms. The van der Waals surface area contributed by atoms with Crippen molar-refractivity contribution in [1.29, 1.82) is 0 Å². The highest BCUT2D eigenvalue weighted by atomic mass is 32.1. The maximum Gasteiger partial charge on any atom is 0.164 e. The van der Waals surface area contributed by atoms with E-state index in [-0.39, 0.29) is 0 Å². The van der Waals surface area contributed by atoms with E-state index in [1.54, 1.807) is 0 Å². The lowest BCUT2D eigenvalue weighted by Crippen LogP contribution is -1.99. The number of rotatable bonds is 4. The van der Waals surface area contributed by atoms with Gasteiger partial charge in [0.2, 0.25) is 0 Å². The van der Waals surface area contributed by atoms with Crippen LogP contribution < -0.4 is 0 Å². The number of nitrogens with zero attached hydrogens (tertiary/aromatic N) is 3. The van der Waals surface area contributed by atoms with Gasteiger partial charge in [0, 0.05) is 36.9 Å². The van der Waals surface area contributed by atoms with E-state index in [1.165, 1.54) is 63.6 Å². The maximum atomic E-state index is 4.98. The smallest absolute Gasteiger partial charge is 0.164 e. The Morgan fingerprint density at radius 2 is 0.796 bits per heavy atom. The number of thiophene rings is 1. The van der Waals surface area contributed by atoms with E-state index in [9.17, 15) is 0 Å². The molecule has 3 nitrogen and oxygen atoms in total. The molecule has 10 rings (SSSR count). The molecule has 4 heteroatoms. The molecule has 0 spiro atoms. The van der Waals surface area contributed by atoms with Crippen LogP contribution in [0.3, 0.4) is 0 Å². The predicted molar refractivity (Wildman–Crippen MR) is 207 cm³/mol. The molecule has 0 aliphatic heterocycles. The highest BCUT2D eigenvalue weighted by molar-refractivity contribution is 7.26. The second-order valence-electron chi connectivity index (χ2n) is 12.4. The molecule has 228 valence electrons. The zero-order valence-corrected chi connectivity index (χ0v) is 27.2. The summed E-state index contributed by atoms with van der Waals surface area (Å²) in [5, 5.41) is 10.2. The molecule has 0 aliphatic carbocycles. The molecule has 8 aromatic carbocycles. The Morgan fingerprint density at radius 1 is 0.306 bits per heavy atom. The minimum atomic E-state index is 0.666. The molecule has 0 saturated heterocycles. The third-order valence-corrected chi connectivity index (χ3v) is 10.6. The zero-order valence-electron chi connectivity index (χ0n) is 26.3. The van der Waals surface area contributed by atoms with Gasteiger partial charge in [0.25, 0.3) is 0 Å². The average Bonchev–Trinajstić information content (AvgIpc) is 3.57. The van der Waals surface area contributed by atoms with Crippen molar-refractivity contribution >= 4 is 63.8 Å². The number of hydrogen-bond donors (Lipinski definition) is 0. The van der Waals surface area contributed by atoms with Crippen molar-refractivity contribution in [2.45, 2.75) is 0 Å². The van der Waals surface area contributed by atoms with Gasteiger partial charge in [0.05, 0.1) is 0 Å². The van der Waals surface area contributed by atoms with E-state index in [0.29, 0.717) is 17.5 Å². The largest absolute Gasteiger partial charge is 0.208 e. The van der Waals surface area contributed by atoms with Crippen molar-refractivity contribution in [3.8, 4) is 45.3 Å². The van der Waals surface area contributed by atoms with Gasteiger partial charge in [-0.1, -0.05) is 146 Å². The van der Waals surface area contributed by atoms with Gasteiger partial charge in [-0.3, -0.25) is 0 Å². The summed E-state index contributed by atoms with van der Waals surface area (Å²) in [6, 6.07) is 58.1. The normalized spacial score (nSPS) is 11.7. The van der Waals surface area contributed by atoms with Crippen molar-refractivity contribution in [1.82, 2.24) is 15.0 Å². The monoisotopic (exact) mass is 641 g/mol. The Morgan fingerprint density at radius 3 is 1.41 bits per heavy atom. The lowest BCUT2D eigenvalue weighted by atomic mass is 9.91. The van der Waals surface area contributed by atoms with Gasteiger partial charge in [-0.15, -0.1) is 11.3 Å². The first-order valence-electron chi connectivity index (χ1n) is 16.4. The average molecular weight is 642 g/mol. The summed E-state index contributed by atoms with van der Waals surface area (Å²) in [6.45, 7) is 0. The van der Waals surface area contributed by atoms with Crippen molar-refractivity contribution in [2.24, 2.45) is 0 Å². The van der Waals surface area contributed by atoms with E-state index in [0.717, 1.165) is 16.7 Å². The lowest BCUT2D eigenvalue weighted by Gasteiger charge is -2.12. The Balaban J connectivity index is 1.15. The number of hydrogen-bond acceptors (Lipinski definition) is 4. The molecule has 2 aromatic heterocycles. The van der Waals surface area contributed by atoms with E-state index >= 15 is 0 Å². The molecule has 0 atom stereocenters. The van der Waals surface area contributed by atoms with E-state index < -0.39 is 0 Å². The van der Waals surface area contributed by atoms with Gasteiger partial charge >= 0.3 is 0 Å². The summed E-state index contributed by atoms with van der Waals surface area (Å²) in [7, 11) is 0. The summed E-state index contributed by atoms with van der Waals surface area (Å²) in [6.07, 6.45) is 0. The Hall–Kier alpha value is -6.23. The Kier molecular flexibility index (Phi) is 6.36. The fraction of sp³-hybridized carbons (Fsp3) is 0. The van der Waals surface area contributed by atoms with Gasteiger partial charge < -0.3 is 0 Å². The molecule has 10 aromatic rings. The molecular weight excluding hydrogens is 615 g/mol. The van der Waals surface area contributed by atoms with E-state index in [1.807, 2.05) is 72.0 Å². The quantitative estimate of drug-likeness (QED) is 0.180. The second-order valence-corrected chi connectivity index (χ2v) is 13.5. The molecule has 0 aliphatic rings. The molecule has 0 radical (unpaired) electrons. The second kappa shape index (κ2) is 11.2. The van der Waals surface area contributed by atoms with Crippen LogP contribution in [0.15, 0.2) is 164 Å².